The number of halogens is 1. The maximum Gasteiger partial charge on any atom is 0.255 e. The van der Waals surface area contributed by atoms with E-state index in [1.807, 2.05) is 6.92 Å². The van der Waals surface area contributed by atoms with E-state index in [0.717, 1.165) is 16.8 Å². The van der Waals surface area contributed by atoms with Crippen LogP contribution in [0, 0.1) is 18.8 Å². The van der Waals surface area contributed by atoms with Gasteiger partial charge < -0.3 is 37.7 Å². The van der Waals surface area contributed by atoms with E-state index < -0.39 is 0 Å². The fourth-order valence-corrected chi connectivity index (χ4v) is 2.08. The number of aromatic nitrogens is 1. The first-order valence-electron chi connectivity index (χ1n) is 6.03. The molecule has 2 heterocycles. The van der Waals surface area contributed by atoms with Crippen molar-refractivity contribution < 1.29 is 37.7 Å². The van der Waals surface area contributed by atoms with Gasteiger partial charge >= 0.3 is 0 Å². The second-order valence-electron chi connectivity index (χ2n) is 4.85. The third kappa shape index (κ3) is 4.50. The first kappa shape index (κ1) is 15.3. The second kappa shape index (κ2) is 7.00. The van der Waals surface area contributed by atoms with E-state index in [9.17, 15) is 0 Å². The van der Waals surface area contributed by atoms with Crippen LogP contribution in [-0.2, 0) is 0 Å². The van der Waals surface area contributed by atoms with Gasteiger partial charge in [-0.1, -0.05) is 5.92 Å². The SMILES string of the molecule is Cc1cc(OCC#CC[N+]2(C)CCCC2)no1.[I-]. The lowest BCUT2D eigenvalue weighted by Crippen LogP contribution is -3.00. The van der Waals surface area contributed by atoms with Crippen molar-refractivity contribution in [2.75, 3.05) is 33.3 Å². The van der Waals surface area contributed by atoms with Crippen LogP contribution in [0.1, 0.15) is 18.6 Å². The topological polar surface area (TPSA) is 35.3 Å². The van der Waals surface area contributed by atoms with E-state index in [2.05, 4.69) is 24.0 Å². The molecule has 0 radical (unpaired) electrons. The Morgan fingerprint density at radius 3 is 2.72 bits per heavy atom. The first-order chi connectivity index (χ1) is 8.18. The number of nitrogens with zero attached hydrogens (tertiary/aromatic N) is 2. The van der Waals surface area contributed by atoms with Crippen LogP contribution >= 0.6 is 0 Å². The largest absolute Gasteiger partial charge is 1.00 e. The summed E-state index contributed by atoms with van der Waals surface area (Å²) in [6.07, 6.45) is 2.65. The molecule has 0 saturated carbocycles. The van der Waals surface area contributed by atoms with Crippen LogP contribution in [0.2, 0.25) is 0 Å². The Hall–Kier alpha value is -0.740. The monoisotopic (exact) mass is 362 g/mol. The fourth-order valence-electron chi connectivity index (χ4n) is 2.08. The molecule has 0 atom stereocenters. The van der Waals surface area contributed by atoms with E-state index in [1.165, 1.54) is 25.9 Å². The highest BCUT2D eigenvalue weighted by Crippen LogP contribution is 2.14. The molecule has 4 nitrogen and oxygen atoms in total. The normalized spacial score (nSPS) is 16.6. The summed E-state index contributed by atoms with van der Waals surface area (Å²) in [7, 11) is 2.27. The Morgan fingerprint density at radius 2 is 2.11 bits per heavy atom. The highest BCUT2D eigenvalue weighted by Gasteiger charge is 2.25. The molecule has 1 aromatic rings. The number of rotatable bonds is 3. The molecule has 1 fully saturated rings. The van der Waals surface area contributed by atoms with Gasteiger partial charge in [-0.05, 0) is 18.0 Å². The van der Waals surface area contributed by atoms with Gasteiger partial charge in [0.2, 0.25) is 0 Å². The molecule has 18 heavy (non-hydrogen) atoms. The highest BCUT2D eigenvalue weighted by molar-refractivity contribution is 5.11. The van der Waals surface area contributed by atoms with Crippen molar-refractivity contribution >= 4 is 0 Å². The molecule has 0 aromatic carbocycles. The molecule has 5 heteroatoms. The maximum atomic E-state index is 5.34. The predicted molar refractivity (Wildman–Crippen MR) is 64.5 cm³/mol. The summed E-state index contributed by atoms with van der Waals surface area (Å²) in [4.78, 5) is 0. The number of likely N-dealkylation sites (tertiary alicyclic amines) is 1. The van der Waals surface area contributed by atoms with Gasteiger partial charge in [-0.3, -0.25) is 0 Å². The molecular weight excluding hydrogens is 343 g/mol. The van der Waals surface area contributed by atoms with Crippen molar-refractivity contribution in [1.82, 2.24) is 5.16 Å². The van der Waals surface area contributed by atoms with Crippen LogP contribution in [0.5, 0.6) is 5.88 Å². The Labute approximate surface area is 125 Å². The lowest BCUT2D eigenvalue weighted by Gasteiger charge is -2.26. The van der Waals surface area contributed by atoms with Crippen molar-refractivity contribution in [3.8, 4) is 17.7 Å². The summed E-state index contributed by atoms with van der Waals surface area (Å²) >= 11 is 0. The van der Waals surface area contributed by atoms with Crippen LogP contribution in [0.3, 0.4) is 0 Å². The summed E-state index contributed by atoms with van der Waals surface area (Å²) in [6.45, 7) is 5.63. The minimum atomic E-state index is 0. The maximum absolute atomic E-state index is 5.34. The Morgan fingerprint density at radius 1 is 1.39 bits per heavy atom. The molecule has 0 amide bonds. The first-order valence-corrected chi connectivity index (χ1v) is 6.03. The average molecular weight is 362 g/mol. The Kier molecular flexibility index (Phi) is 5.96. The average Bonchev–Trinajstić information content (AvgIpc) is 2.88. The van der Waals surface area contributed by atoms with Crippen molar-refractivity contribution in [2.45, 2.75) is 19.8 Å². The Balaban J connectivity index is 0.00000162. The summed E-state index contributed by atoms with van der Waals surface area (Å²) in [6, 6.07) is 1.76. The number of hydrogen-bond donors (Lipinski definition) is 0. The summed E-state index contributed by atoms with van der Waals surface area (Å²) in [5.41, 5.74) is 0. The van der Waals surface area contributed by atoms with E-state index in [0.29, 0.717) is 12.5 Å². The second-order valence-corrected chi connectivity index (χ2v) is 4.85. The molecule has 1 aromatic heterocycles. The minimum Gasteiger partial charge on any atom is -1.00 e. The fraction of sp³-hybridized carbons (Fsp3) is 0.615. The van der Waals surface area contributed by atoms with Gasteiger partial charge in [0.25, 0.3) is 5.88 Å². The number of quaternary nitrogens is 1. The lowest BCUT2D eigenvalue weighted by molar-refractivity contribution is -0.890. The van der Waals surface area contributed by atoms with E-state index >= 15 is 0 Å². The smallest absolute Gasteiger partial charge is 0.255 e. The van der Waals surface area contributed by atoms with Gasteiger partial charge in [0.15, 0.2) is 6.61 Å². The van der Waals surface area contributed by atoms with Crippen molar-refractivity contribution in [1.29, 1.82) is 0 Å². The number of hydrogen-bond acceptors (Lipinski definition) is 3. The van der Waals surface area contributed by atoms with Gasteiger partial charge in [-0.15, -0.1) is 0 Å². The molecule has 1 saturated heterocycles. The summed E-state index contributed by atoms with van der Waals surface area (Å²) in [5.74, 6) is 7.47. The van der Waals surface area contributed by atoms with Gasteiger partial charge in [0, 0.05) is 18.9 Å². The lowest BCUT2D eigenvalue weighted by atomic mass is 10.4. The van der Waals surface area contributed by atoms with Crippen molar-refractivity contribution in [3.63, 3.8) is 0 Å². The van der Waals surface area contributed by atoms with Crippen LogP contribution < -0.4 is 28.7 Å². The molecular formula is C13H19IN2O2. The predicted octanol–water partition coefficient (Wildman–Crippen LogP) is -1.39. The molecule has 1 aliphatic rings. The molecule has 0 N–H and O–H groups in total. The third-order valence-corrected chi connectivity index (χ3v) is 3.13. The van der Waals surface area contributed by atoms with Gasteiger partial charge in [0.05, 0.1) is 20.1 Å². The zero-order valence-corrected chi connectivity index (χ0v) is 13.1. The molecule has 0 spiro atoms. The zero-order chi connectivity index (χ0) is 12.1. The molecule has 0 aliphatic carbocycles. The van der Waals surface area contributed by atoms with Crippen molar-refractivity contribution in [2.24, 2.45) is 0 Å². The van der Waals surface area contributed by atoms with Gasteiger partial charge in [-0.2, -0.15) is 0 Å². The standard InChI is InChI=1S/C13H19N2O2.HI/c1-12-11-13(14-17-12)16-10-6-5-9-15(2)7-3-4-8-15;/h11H,3-4,7-10H2,1-2H3;1H/q+1;/p-1. The molecule has 0 unspecified atom stereocenters. The molecule has 1 aliphatic heterocycles. The van der Waals surface area contributed by atoms with Crippen LogP contribution in [-0.4, -0.2) is 42.9 Å². The highest BCUT2D eigenvalue weighted by atomic mass is 127. The summed E-state index contributed by atoms with van der Waals surface area (Å²) in [5, 5.41) is 3.74. The van der Waals surface area contributed by atoms with E-state index in [-0.39, 0.29) is 24.0 Å². The third-order valence-electron chi connectivity index (χ3n) is 3.13. The number of ether oxygens (including phenoxy) is 1. The van der Waals surface area contributed by atoms with Crippen LogP contribution in [0.25, 0.3) is 0 Å². The molecule has 100 valence electrons. The van der Waals surface area contributed by atoms with Crippen LogP contribution in [0.15, 0.2) is 10.6 Å². The van der Waals surface area contributed by atoms with Crippen LogP contribution in [0.4, 0.5) is 0 Å². The quantitative estimate of drug-likeness (QED) is 0.378. The van der Waals surface area contributed by atoms with Crippen molar-refractivity contribution in [3.05, 3.63) is 11.8 Å². The molecule has 0 bridgehead atoms. The van der Waals surface area contributed by atoms with E-state index in [1.54, 1.807) is 6.07 Å². The Bertz CT molecular complexity index is 428. The molecule has 2 rings (SSSR count). The van der Waals surface area contributed by atoms with Gasteiger partial charge in [0.1, 0.15) is 12.3 Å². The number of aryl methyl sites for hydroxylation is 1. The summed E-state index contributed by atoms with van der Waals surface area (Å²) < 4.78 is 11.3. The zero-order valence-electron chi connectivity index (χ0n) is 10.9. The minimum absolute atomic E-state index is 0. The van der Waals surface area contributed by atoms with E-state index in [4.69, 9.17) is 9.26 Å². The van der Waals surface area contributed by atoms with Gasteiger partial charge in [-0.25, -0.2) is 0 Å².